The Morgan fingerprint density at radius 1 is 0.500 bits per heavy atom. The molecular weight excluding hydrogens is 448 g/mol. The van der Waals surface area contributed by atoms with Gasteiger partial charge in [0.25, 0.3) is 0 Å². The van der Waals surface area contributed by atoms with Crippen LogP contribution in [0.2, 0.25) is 0 Å². The summed E-state index contributed by atoms with van der Waals surface area (Å²) in [6, 6.07) is 35.7. The molecular formula is C32H34O4. The highest BCUT2D eigenvalue weighted by atomic mass is 16.7. The van der Waals surface area contributed by atoms with Crippen molar-refractivity contribution in [3.63, 3.8) is 0 Å². The standard InChI is InChI=1S/C32H34O4/c1-2-3-6-23-32(35-30-21-13-11-19-28(30)33-24-26-15-7-4-8-16-26)36-31-22-14-12-20-29(31)34-25-27-17-9-5-10-18-27/h4-5,7-22,32H,2-3,6,23-25H2,1H3. The molecule has 4 nitrogen and oxygen atoms in total. The van der Waals surface area contributed by atoms with Crippen LogP contribution in [-0.2, 0) is 13.2 Å². The fraction of sp³-hybridized carbons (Fsp3) is 0.250. The summed E-state index contributed by atoms with van der Waals surface area (Å²) in [7, 11) is 0. The third kappa shape index (κ3) is 7.81. The molecule has 0 saturated carbocycles. The minimum Gasteiger partial charge on any atom is -0.485 e. The molecule has 0 heterocycles. The van der Waals surface area contributed by atoms with Crippen LogP contribution in [0.25, 0.3) is 0 Å². The van der Waals surface area contributed by atoms with Crippen molar-refractivity contribution < 1.29 is 18.9 Å². The normalized spacial score (nSPS) is 10.7. The number of hydrogen-bond donors (Lipinski definition) is 0. The first-order valence-electron chi connectivity index (χ1n) is 12.7. The average Bonchev–Trinajstić information content (AvgIpc) is 2.93. The number of unbranched alkanes of at least 4 members (excludes halogenated alkanes) is 2. The summed E-state index contributed by atoms with van der Waals surface area (Å²) in [6.07, 6.45) is 3.52. The Labute approximate surface area is 214 Å². The lowest BCUT2D eigenvalue weighted by atomic mass is 10.2. The van der Waals surface area contributed by atoms with E-state index in [0.29, 0.717) is 36.2 Å². The fourth-order valence-electron chi connectivity index (χ4n) is 3.79. The van der Waals surface area contributed by atoms with Gasteiger partial charge in [-0.1, -0.05) is 105 Å². The second-order valence-electron chi connectivity index (χ2n) is 8.60. The molecule has 0 aliphatic rings. The summed E-state index contributed by atoms with van der Waals surface area (Å²) in [5.74, 6) is 2.72. The van der Waals surface area contributed by atoms with E-state index in [-0.39, 0.29) is 0 Å². The van der Waals surface area contributed by atoms with E-state index in [2.05, 4.69) is 6.92 Å². The highest BCUT2D eigenvalue weighted by Crippen LogP contribution is 2.33. The molecule has 0 bridgehead atoms. The molecule has 0 aliphatic heterocycles. The first kappa shape index (κ1) is 25.2. The molecule has 0 atom stereocenters. The summed E-state index contributed by atoms with van der Waals surface area (Å²) in [5, 5.41) is 0. The van der Waals surface area contributed by atoms with Gasteiger partial charge in [0.2, 0.25) is 6.29 Å². The van der Waals surface area contributed by atoms with Crippen molar-refractivity contribution in [1.82, 2.24) is 0 Å². The van der Waals surface area contributed by atoms with Crippen LogP contribution < -0.4 is 18.9 Å². The molecule has 0 aromatic heterocycles. The molecule has 4 aromatic carbocycles. The number of ether oxygens (including phenoxy) is 4. The van der Waals surface area contributed by atoms with E-state index in [1.54, 1.807) is 0 Å². The van der Waals surface area contributed by atoms with Crippen molar-refractivity contribution in [1.29, 1.82) is 0 Å². The summed E-state index contributed by atoms with van der Waals surface area (Å²) in [6.45, 7) is 3.13. The minimum absolute atomic E-state index is 0.471. The number of rotatable bonds is 14. The lowest BCUT2D eigenvalue weighted by Crippen LogP contribution is -2.24. The average molecular weight is 483 g/mol. The molecule has 0 unspecified atom stereocenters. The first-order chi connectivity index (χ1) is 17.8. The SMILES string of the molecule is CCCCCC(Oc1ccccc1OCc1ccccc1)Oc1ccccc1OCc1ccccc1. The van der Waals surface area contributed by atoms with Crippen LogP contribution in [0, 0.1) is 0 Å². The van der Waals surface area contributed by atoms with Crippen LogP contribution in [0.3, 0.4) is 0 Å². The topological polar surface area (TPSA) is 36.9 Å². The molecule has 4 aromatic rings. The zero-order valence-electron chi connectivity index (χ0n) is 20.8. The molecule has 0 amide bonds. The Hall–Kier alpha value is -3.92. The van der Waals surface area contributed by atoms with Crippen LogP contribution in [-0.4, -0.2) is 6.29 Å². The largest absolute Gasteiger partial charge is 0.485 e. The molecule has 0 spiro atoms. The van der Waals surface area contributed by atoms with Gasteiger partial charge in [0.15, 0.2) is 23.0 Å². The van der Waals surface area contributed by atoms with Gasteiger partial charge in [-0.3, -0.25) is 0 Å². The molecule has 4 rings (SSSR count). The van der Waals surface area contributed by atoms with Gasteiger partial charge in [-0.15, -0.1) is 0 Å². The van der Waals surface area contributed by atoms with Crippen molar-refractivity contribution in [2.75, 3.05) is 0 Å². The van der Waals surface area contributed by atoms with Crippen molar-refractivity contribution in [2.24, 2.45) is 0 Å². The smallest absolute Gasteiger partial charge is 0.241 e. The third-order valence-electron chi connectivity index (χ3n) is 5.73. The molecule has 0 saturated heterocycles. The van der Waals surface area contributed by atoms with Crippen LogP contribution in [0.1, 0.15) is 43.7 Å². The fourth-order valence-corrected chi connectivity index (χ4v) is 3.79. The van der Waals surface area contributed by atoms with E-state index < -0.39 is 6.29 Å². The second kappa shape index (κ2) is 13.8. The van der Waals surface area contributed by atoms with Crippen LogP contribution >= 0.6 is 0 Å². The van der Waals surface area contributed by atoms with Gasteiger partial charge in [-0.05, 0) is 41.8 Å². The van der Waals surface area contributed by atoms with E-state index in [4.69, 9.17) is 18.9 Å². The quantitative estimate of drug-likeness (QED) is 0.134. The lowest BCUT2D eigenvalue weighted by molar-refractivity contribution is -0.00679. The monoisotopic (exact) mass is 482 g/mol. The van der Waals surface area contributed by atoms with Crippen molar-refractivity contribution in [3.8, 4) is 23.0 Å². The van der Waals surface area contributed by atoms with Gasteiger partial charge < -0.3 is 18.9 Å². The molecule has 0 radical (unpaired) electrons. The third-order valence-corrected chi connectivity index (χ3v) is 5.73. The van der Waals surface area contributed by atoms with Crippen molar-refractivity contribution in [2.45, 2.75) is 52.1 Å². The van der Waals surface area contributed by atoms with E-state index >= 15 is 0 Å². The van der Waals surface area contributed by atoms with Gasteiger partial charge in [0.1, 0.15) is 13.2 Å². The van der Waals surface area contributed by atoms with Gasteiger partial charge in [0, 0.05) is 6.42 Å². The molecule has 0 aliphatic carbocycles. The zero-order chi connectivity index (χ0) is 24.8. The maximum atomic E-state index is 6.40. The van der Waals surface area contributed by atoms with Crippen LogP contribution in [0.4, 0.5) is 0 Å². The van der Waals surface area contributed by atoms with E-state index in [1.807, 2.05) is 109 Å². The van der Waals surface area contributed by atoms with Crippen molar-refractivity contribution in [3.05, 3.63) is 120 Å². The van der Waals surface area contributed by atoms with Crippen LogP contribution in [0.15, 0.2) is 109 Å². The Kier molecular flexibility index (Phi) is 9.68. The predicted octanol–water partition coefficient (Wildman–Crippen LogP) is 8.21. The Bertz CT molecular complexity index is 1070. The van der Waals surface area contributed by atoms with Crippen LogP contribution in [0.5, 0.6) is 23.0 Å². The zero-order valence-corrected chi connectivity index (χ0v) is 20.8. The summed E-state index contributed by atoms with van der Waals surface area (Å²) in [4.78, 5) is 0. The second-order valence-corrected chi connectivity index (χ2v) is 8.60. The predicted molar refractivity (Wildman–Crippen MR) is 144 cm³/mol. The number of hydrogen-bond acceptors (Lipinski definition) is 4. The molecule has 4 heteroatoms. The maximum absolute atomic E-state index is 6.40. The number of para-hydroxylation sites is 4. The van der Waals surface area contributed by atoms with Crippen molar-refractivity contribution >= 4 is 0 Å². The van der Waals surface area contributed by atoms with Gasteiger partial charge in [0.05, 0.1) is 0 Å². The summed E-state index contributed by atoms with van der Waals surface area (Å²) in [5.41, 5.74) is 2.21. The molecule has 186 valence electrons. The maximum Gasteiger partial charge on any atom is 0.241 e. The Morgan fingerprint density at radius 3 is 1.36 bits per heavy atom. The highest BCUT2D eigenvalue weighted by Gasteiger charge is 2.18. The van der Waals surface area contributed by atoms with E-state index in [0.717, 1.165) is 36.8 Å². The van der Waals surface area contributed by atoms with Gasteiger partial charge >= 0.3 is 0 Å². The molecule has 0 N–H and O–H groups in total. The Morgan fingerprint density at radius 2 is 0.917 bits per heavy atom. The van der Waals surface area contributed by atoms with Gasteiger partial charge in [-0.2, -0.15) is 0 Å². The van der Waals surface area contributed by atoms with E-state index in [1.165, 1.54) is 0 Å². The minimum atomic E-state index is -0.473. The highest BCUT2D eigenvalue weighted by molar-refractivity contribution is 5.41. The summed E-state index contributed by atoms with van der Waals surface area (Å²) >= 11 is 0. The molecule has 36 heavy (non-hydrogen) atoms. The first-order valence-corrected chi connectivity index (χ1v) is 12.7. The van der Waals surface area contributed by atoms with Gasteiger partial charge in [-0.25, -0.2) is 0 Å². The Balaban J connectivity index is 1.46. The summed E-state index contributed by atoms with van der Waals surface area (Å²) < 4.78 is 25.0. The number of benzene rings is 4. The van der Waals surface area contributed by atoms with E-state index in [9.17, 15) is 0 Å². The lowest BCUT2D eigenvalue weighted by Gasteiger charge is -2.23. The molecule has 0 fully saturated rings.